The van der Waals surface area contributed by atoms with Gasteiger partial charge in [0, 0.05) is 32.1 Å². The minimum Gasteiger partial charge on any atom is -0.353 e. The summed E-state index contributed by atoms with van der Waals surface area (Å²) in [6.45, 7) is 2.09. The van der Waals surface area contributed by atoms with Crippen LogP contribution in [0.3, 0.4) is 0 Å². The van der Waals surface area contributed by atoms with Crippen LogP contribution in [0.4, 0.5) is 0 Å². The Hall–Kier alpha value is -1.59. The molecule has 1 aromatic rings. The van der Waals surface area contributed by atoms with Gasteiger partial charge in [-0.3, -0.25) is 10.1 Å². The summed E-state index contributed by atoms with van der Waals surface area (Å²) >= 11 is 0. The molecule has 24 heavy (non-hydrogen) atoms. The zero-order valence-corrected chi connectivity index (χ0v) is 14.7. The van der Waals surface area contributed by atoms with Crippen LogP contribution in [-0.2, 0) is 0 Å². The van der Waals surface area contributed by atoms with Crippen molar-refractivity contribution in [2.45, 2.75) is 63.3 Å². The molecule has 3 fully saturated rings. The molecule has 2 saturated carbocycles. The molecule has 0 spiro atoms. The molecule has 6 heteroatoms. The molecule has 1 aromatic heterocycles. The molecule has 6 nitrogen and oxygen atoms in total. The van der Waals surface area contributed by atoms with Crippen molar-refractivity contribution in [1.29, 1.82) is 0 Å². The van der Waals surface area contributed by atoms with Crippen molar-refractivity contribution in [3.8, 4) is 0 Å². The third-order valence-electron chi connectivity index (χ3n) is 6.24. The minimum atomic E-state index is 0.512. The number of hydrogen-bond acceptors (Lipinski definition) is 3. The van der Waals surface area contributed by atoms with Crippen molar-refractivity contribution in [3.63, 3.8) is 0 Å². The summed E-state index contributed by atoms with van der Waals surface area (Å²) in [4.78, 5) is 11.3. The highest BCUT2D eigenvalue weighted by atomic mass is 15.3. The summed E-state index contributed by atoms with van der Waals surface area (Å²) < 4.78 is 0. The Morgan fingerprint density at radius 3 is 2.67 bits per heavy atom. The van der Waals surface area contributed by atoms with Gasteiger partial charge in [0.05, 0.1) is 0 Å². The lowest BCUT2D eigenvalue weighted by atomic mass is 9.85. The van der Waals surface area contributed by atoms with Crippen molar-refractivity contribution in [3.05, 3.63) is 12.2 Å². The van der Waals surface area contributed by atoms with Gasteiger partial charge in [-0.25, -0.2) is 4.98 Å². The molecule has 2 atom stereocenters. The van der Waals surface area contributed by atoms with Gasteiger partial charge in [-0.2, -0.15) is 5.10 Å². The molecular weight excluding hydrogens is 300 g/mol. The molecule has 0 radical (unpaired) electrons. The SMILES string of the molecule is CN=C(NC1CC1C1CCCCC1)N1CCC(c2ncn[nH]2)CC1. The Morgan fingerprint density at radius 1 is 1.21 bits per heavy atom. The van der Waals surface area contributed by atoms with Crippen molar-refractivity contribution in [1.82, 2.24) is 25.4 Å². The lowest BCUT2D eigenvalue weighted by Crippen LogP contribution is -2.46. The van der Waals surface area contributed by atoms with Gasteiger partial charge in [0.25, 0.3) is 0 Å². The molecule has 2 N–H and O–H groups in total. The second-order valence-corrected chi connectivity index (χ2v) is 7.73. The number of nitrogens with one attached hydrogen (secondary N) is 2. The maximum Gasteiger partial charge on any atom is 0.193 e. The van der Waals surface area contributed by atoms with E-state index in [0.717, 1.165) is 49.6 Å². The number of H-pyrrole nitrogens is 1. The van der Waals surface area contributed by atoms with E-state index in [1.54, 1.807) is 6.33 Å². The summed E-state index contributed by atoms with van der Waals surface area (Å²) in [6.07, 6.45) is 12.4. The average molecular weight is 330 g/mol. The molecule has 132 valence electrons. The summed E-state index contributed by atoms with van der Waals surface area (Å²) in [6, 6.07) is 0.666. The van der Waals surface area contributed by atoms with Crippen LogP contribution in [0.2, 0.25) is 0 Å². The quantitative estimate of drug-likeness (QED) is 0.660. The smallest absolute Gasteiger partial charge is 0.193 e. The average Bonchev–Trinajstić information content (AvgIpc) is 3.20. The first-order valence-electron chi connectivity index (χ1n) is 9.68. The maximum absolute atomic E-state index is 4.55. The van der Waals surface area contributed by atoms with Gasteiger partial charge in [0.15, 0.2) is 5.96 Å². The maximum atomic E-state index is 4.55. The first kappa shape index (κ1) is 15.9. The van der Waals surface area contributed by atoms with Gasteiger partial charge >= 0.3 is 0 Å². The predicted molar refractivity (Wildman–Crippen MR) is 94.9 cm³/mol. The van der Waals surface area contributed by atoms with Crippen molar-refractivity contribution >= 4 is 5.96 Å². The molecule has 0 aromatic carbocycles. The van der Waals surface area contributed by atoms with Crippen LogP contribution in [0.15, 0.2) is 11.3 Å². The molecule has 0 bridgehead atoms. The minimum absolute atomic E-state index is 0.512. The number of rotatable bonds is 3. The highest BCUT2D eigenvalue weighted by molar-refractivity contribution is 5.80. The number of guanidine groups is 1. The van der Waals surface area contributed by atoms with E-state index in [1.807, 2.05) is 7.05 Å². The molecular formula is C18H30N6. The summed E-state index contributed by atoms with van der Waals surface area (Å²) in [5, 5.41) is 10.8. The number of hydrogen-bond donors (Lipinski definition) is 2. The van der Waals surface area contributed by atoms with Gasteiger partial charge in [0.2, 0.25) is 0 Å². The lowest BCUT2D eigenvalue weighted by molar-refractivity contribution is 0.293. The van der Waals surface area contributed by atoms with Crippen LogP contribution in [-0.4, -0.2) is 52.2 Å². The summed E-state index contributed by atoms with van der Waals surface area (Å²) in [5.41, 5.74) is 0. The molecule has 2 aliphatic carbocycles. The van der Waals surface area contributed by atoms with E-state index in [-0.39, 0.29) is 0 Å². The largest absolute Gasteiger partial charge is 0.353 e. The van der Waals surface area contributed by atoms with Gasteiger partial charge in [-0.1, -0.05) is 32.1 Å². The van der Waals surface area contributed by atoms with Crippen molar-refractivity contribution in [2.75, 3.05) is 20.1 Å². The standard InChI is InChI=1S/C18H30N6/c1-19-18(22-16-11-15(16)13-5-3-2-4-6-13)24-9-7-14(8-10-24)17-20-12-21-23-17/h12-16H,2-11H2,1H3,(H,19,22)(H,20,21,23). The number of nitrogens with zero attached hydrogens (tertiary/aromatic N) is 4. The molecule has 2 unspecified atom stereocenters. The van der Waals surface area contributed by atoms with Crippen LogP contribution in [0, 0.1) is 11.8 Å². The second kappa shape index (κ2) is 7.11. The van der Waals surface area contributed by atoms with E-state index < -0.39 is 0 Å². The van der Waals surface area contributed by atoms with E-state index in [1.165, 1.54) is 38.5 Å². The number of aromatic nitrogens is 3. The number of aromatic amines is 1. The van der Waals surface area contributed by atoms with Crippen LogP contribution >= 0.6 is 0 Å². The molecule has 0 amide bonds. The third-order valence-corrected chi connectivity index (χ3v) is 6.24. The number of aliphatic imine (C=N–C) groups is 1. The Bertz CT molecular complexity index is 540. The van der Waals surface area contributed by atoms with Crippen LogP contribution in [0.1, 0.15) is 63.1 Å². The zero-order valence-electron chi connectivity index (χ0n) is 14.7. The molecule has 1 saturated heterocycles. The molecule has 1 aliphatic heterocycles. The van der Waals surface area contributed by atoms with E-state index in [2.05, 4.69) is 30.4 Å². The van der Waals surface area contributed by atoms with Crippen molar-refractivity contribution in [2.24, 2.45) is 16.8 Å². The predicted octanol–water partition coefficient (Wildman–Crippen LogP) is 2.53. The van der Waals surface area contributed by atoms with E-state index in [4.69, 9.17) is 0 Å². The first-order chi connectivity index (χ1) is 11.8. The highest BCUT2D eigenvalue weighted by Crippen LogP contribution is 2.44. The number of likely N-dealkylation sites (tertiary alicyclic amines) is 1. The van der Waals surface area contributed by atoms with Crippen LogP contribution in [0.5, 0.6) is 0 Å². The fourth-order valence-electron chi connectivity index (χ4n) is 4.70. The van der Waals surface area contributed by atoms with Crippen LogP contribution < -0.4 is 5.32 Å². The monoisotopic (exact) mass is 330 g/mol. The lowest BCUT2D eigenvalue weighted by Gasteiger charge is -2.33. The Kier molecular flexibility index (Phi) is 4.72. The van der Waals surface area contributed by atoms with Gasteiger partial charge < -0.3 is 10.2 Å². The highest BCUT2D eigenvalue weighted by Gasteiger charge is 2.44. The normalized spacial score (nSPS) is 29.7. The van der Waals surface area contributed by atoms with Gasteiger partial charge in [0.1, 0.15) is 12.2 Å². The Balaban J connectivity index is 1.26. The van der Waals surface area contributed by atoms with Gasteiger partial charge in [-0.05, 0) is 31.1 Å². The van der Waals surface area contributed by atoms with Crippen LogP contribution in [0.25, 0.3) is 0 Å². The second-order valence-electron chi connectivity index (χ2n) is 7.73. The summed E-state index contributed by atoms with van der Waals surface area (Å²) in [7, 11) is 1.92. The zero-order chi connectivity index (χ0) is 16.4. The summed E-state index contributed by atoms with van der Waals surface area (Å²) in [5.74, 6) is 4.52. The molecule has 2 heterocycles. The third kappa shape index (κ3) is 3.42. The molecule has 3 aliphatic rings. The fourth-order valence-corrected chi connectivity index (χ4v) is 4.70. The topological polar surface area (TPSA) is 69.2 Å². The first-order valence-corrected chi connectivity index (χ1v) is 9.68. The van der Waals surface area contributed by atoms with Gasteiger partial charge in [-0.15, -0.1) is 0 Å². The Morgan fingerprint density at radius 2 is 2.00 bits per heavy atom. The Labute approximate surface area is 144 Å². The van der Waals surface area contributed by atoms with E-state index in [9.17, 15) is 0 Å². The molecule has 4 rings (SSSR count). The number of piperidine rings is 1. The van der Waals surface area contributed by atoms with E-state index in [0.29, 0.717) is 12.0 Å². The van der Waals surface area contributed by atoms with E-state index >= 15 is 0 Å². The fraction of sp³-hybridized carbons (Fsp3) is 0.833. The van der Waals surface area contributed by atoms with Crippen molar-refractivity contribution < 1.29 is 0 Å².